The Balaban J connectivity index is 1.58. The molecule has 3 rings (SSSR count). The number of nitrogens with one attached hydrogen (secondary N) is 1. The van der Waals surface area contributed by atoms with Gasteiger partial charge in [-0.05, 0) is 25.2 Å². The average molecular weight is 382 g/mol. The molecule has 0 radical (unpaired) electrons. The van der Waals surface area contributed by atoms with E-state index in [0.717, 1.165) is 0 Å². The lowest BCUT2D eigenvalue weighted by Crippen LogP contribution is -2.30. The van der Waals surface area contributed by atoms with Crippen molar-refractivity contribution in [3.8, 4) is 17.2 Å². The molecule has 1 aliphatic rings. The molecule has 9 heteroatoms. The SMILES string of the molecule is CN(CC(=O)Nc1ccc2c(c1)OCO2)Cc1ccccc1OC(F)(F)F. The number of alkyl halides is 3. The van der Waals surface area contributed by atoms with Crippen LogP contribution in [0.2, 0.25) is 0 Å². The van der Waals surface area contributed by atoms with E-state index in [2.05, 4.69) is 10.1 Å². The van der Waals surface area contributed by atoms with E-state index >= 15 is 0 Å². The van der Waals surface area contributed by atoms with Crippen molar-refractivity contribution in [1.82, 2.24) is 4.90 Å². The first kappa shape index (κ1) is 18.8. The number of ether oxygens (including phenoxy) is 3. The molecule has 1 amide bonds. The lowest BCUT2D eigenvalue weighted by atomic mass is 10.2. The number of nitrogens with zero attached hydrogens (tertiary/aromatic N) is 1. The van der Waals surface area contributed by atoms with Crippen molar-refractivity contribution in [2.24, 2.45) is 0 Å². The van der Waals surface area contributed by atoms with E-state index in [4.69, 9.17) is 9.47 Å². The van der Waals surface area contributed by atoms with Gasteiger partial charge < -0.3 is 19.5 Å². The van der Waals surface area contributed by atoms with Crippen LogP contribution in [-0.2, 0) is 11.3 Å². The maximum absolute atomic E-state index is 12.5. The van der Waals surface area contributed by atoms with Gasteiger partial charge in [0.05, 0.1) is 6.54 Å². The number of anilines is 1. The second-order valence-electron chi connectivity index (χ2n) is 5.94. The van der Waals surface area contributed by atoms with E-state index in [9.17, 15) is 18.0 Å². The third-order valence-electron chi connectivity index (χ3n) is 3.71. The van der Waals surface area contributed by atoms with Gasteiger partial charge in [0, 0.05) is 23.9 Å². The monoisotopic (exact) mass is 382 g/mol. The Morgan fingerprint density at radius 3 is 2.70 bits per heavy atom. The van der Waals surface area contributed by atoms with Crippen LogP contribution in [0.1, 0.15) is 5.56 Å². The van der Waals surface area contributed by atoms with Crippen LogP contribution in [-0.4, -0.2) is 37.6 Å². The van der Waals surface area contributed by atoms with Crippen molar-refractivity contribution in [1.29, 1.82) is 0 Å². The van der Waals surface area contributed by atoms with Crippen molar-refractivity contribution in [2.75, 3.05) is 25.7 Å². The topological polar surface area (TPSA) is 60.0 Å². The highest BCUT2D eigenvalue weighted by atomic mass is 19.4. The maximum Gasteiger partial charge on any atom is 0.573 e. The fraction of sp³-hybridized carbons (Fsp3) is 0.278. The molecule has 1 heterocycles. The molecule has 1 aliphatic heterocycles. The van der Waals surface area contributed by atoms with Crippen LogP contribution >= 0.6 is 0 Å². The minimum absolute atomic E-state index is 0.0191. The van der Waals surface area contributed by atoms with Gasteiger partial charge in [0.2, 0.25) is 12.7 Å². The van der Waals surface area contributed by atoms with E-state index in [0.29, 0.717) is 22.7 Å². The van der Waals surface area contributed by atoms with E-state index < -0.39 is 6.36 Å². The molecule has 0 fully saturated rings. The minimum Gasteiger partial charge on any atom is -0.454 e. The predicted molar refractivity (Wildman–Crippen MR) is 90.7 cm³/mol. The summed E-state index contributed by atoms with van der Waals surface area (Å²) in [5, 5.41) is 2.71. The minimum atomic E-state index is -4.77. The zero-order valence-electron chi connectivity index (χ0n) is 14.4. The zero-order valence-corrected chi connectivity index (χ0v) is 14.4. The Bertz CT molecular complexity index is 826. The summed E-state index contributed by atoms with van der Waals surface area (Å²) in [4.78, 5) is 13.8. The summed E-state index contributed by atoms with van der Waals surface area (Å²) in [6, 6.07) is 10.8. The number of carbonyl (C=O) groups is 1. The van der Waals surface area contributed by atoms with Gasteiger partial charge in [0.25, 0.3) is 0 Å². The Kier molecular flexibility index (Phi) is 5.41. The molecule has 6 nitrogen and oxygen atoms in total. The third-order valence-corrected chi connectivity index (χ3v) is 3.71. The summed E-state index contributed by atoms with van der Waals surface area (Å²) in [6.45, 7) is 0.227. The molecule has 0 spiro atoms. The van der Waals surface area contributed by atoms with Gasteiger partial charge in [-0.15, -0.1) is 13.2 Å². The molecule has 0 aliphatic carbocycles. The first-order chi connectivity index (χ1) is 12.8. The standard InChI is InChI=1S/C18H17F3N2O4/c1-23(9-12-4-2-3-5-14(12)27-18(19,20)21)10-17(24)22-13-6-7-15-16(8-13)26-11-25-15/h2-8H,9-11H2,1H3,(H,22,24). The van der Waals surface area contributed by atoms with Crippen LogP contribution < -0.4 is 19.5 Å². The molecular weight excluding hydrogens is 365 g/mol. The summed E-state index contributed by atoms with van der Waals surface area (Å²) in [7, 11) is 1.63. The largest absolute Gasteiger partial charge is 0.573 e. The maximum atomic E-state index is 12.5. The van der Waals surface area contributed by atoms with E-state index in [1.165, 1.54) is 18.2 Å². The first-order valence-electron chi connectivity index (χ1n) is 8.02. The number of halogens is 3. The number of hydrogen-bond donors (Lipinski definition) is 1. The summed E-state index contributed by atoms with van der Waals surface area (Å²) in [5.74, 6) is 0.546. The molecule has 0 atom stereocenters. The van der Waals surface area contributed by atoms with Crippen LogP contribution in [0, 0.1) is 0 Å². The zero-order chi connectivity index (χ0) is 19.4. The van der Waals surface area contributed by atoms with Gasteiger partial charge in [-0.1, -0.05) is 18.2 Å². The Morgan fingerprint density at radius 2 is 1.93 bits per heavy atom. The number of rotatable bonds is 6. The summed E-state index contributed by atoms with van der Waals surface area (Å²) in [5.41, 5.74) is 0.867. The molecule has 0 saturated heterocycles. The van der Waals surface area contributed by atoms with Crippen molar-refractivity contribution in [3.63, 3.8) is 0 Å². The Hall–Kier alpha value is -2.94. The van der Waals surface area contributed by atoms with Gasteiger partial charge >= 0.3 is 6.36 Å². The van der Waals surface area contributed by atoms with Crippen LogP contribution in [0.15, 0.2) is 42.5 Å². The smallest absolute Gasteiger partial charge is 0.454 e. The number of likely N-dealkylation sites (N-methyl/N-ethyl adjacent to an activating group) is 1. The number of para-hydroxylation sites is 1. The van der Waals surface area contributed by atoms with Gasteiger partial charge in [0.15, 0.2) is 11.5 Å². The highest BCUT2D eigenvalue weighted by Gasteiger charge is 2.32. The normalized spacial score (nSPS) is 12.9. The van der Waals surface area contributed by atoms with Gasteiger partial charge in [-0.2, -0.15) is 0 Å². The number of fused-ring (bicyclic) bond motifs is 1. The molecule has 0 bridgehead atoms. The average Bonchev–Trinajstić information content (AvgIpc) is 3.02. The van der Waals surface area contributed by atoms with Gasteiger partial charge in [-0.3, -0.25) is 9.69 Å². The summed E-state index contributed by atoms with van der Waals surface area (Å²) >= 11 is 0. The highest BCUT2D eigenvalue weighted by Crippen LogP contribution is 2.34. The summed E-state index contributed by atoms with van der Waals surface area (Å²) in [6.07, 6.45) is -4.77. The quantitative estimate of drug-likeness (QED) is 0.830. The van der Waals surface area contributed by atoms with Crippen molar-refractivity contribution in [2.45, 2.75) is 12.9 Å². The molecule has 144 valence electrons. The summed E-state index contributed by atoms with van der Waals surface area (Å²) < 4.78 is 51.9. The first-order valence-corrected chi connectivity index (χ1v) is 8.02. The molecule has 1 N–H and O–H groups in total. The van der Waals surface area contributed by atoms with E-state index in [-0.39, 0.29) is 31.5 Å². The number of amides is 1. The molecule has 27 heavy (non-hydrogen) atoms. The highest BCUT2D eigenvalue weighted by molar-refractivity contribution is 5.92. The third kappa shape index (κ3) is 5.27. The number of carbonyl (C=O) groups excluding carboxylic acids is 1. The van der Waals surface area contributed by atoms with Crippen LogP contribution in [0.25, 0.3) is 0 Å². The molecule has 2 aromatic rings. The van der Waals surface area contributed by atoms with Crippen molar-refractivity contribution >= 4 is 11.6 Å². The number of hydrogen-bond acceptors (Lipinski definition) is 5. The number of benzene rings is 2. The van der Waals surface area contributed by atoms with Crippen LogP contribution in [0.5, 0.6) is 17.2 Å². The Labute approximate surface area is 153 Å². The van der Waals surface area contributed by atoms with Crippen molar-refractivity contribution in [3.05, 3.63) is 48.0 Å². The molecule has 0 unspecified atom stereocenters. The lowest BCUT2D eigenvalue weighted by molar-refractivity contribution is -0.275. The van der Waals surface area contributed by atoms with Crippen LogP contribution in [0.4, 0.5) is 18.9 Å². The molecular formula is C18H17F3N2O4. The van der Waals surface area contributed by atoms with Crippen molar-refractivity contribution < 1.29 is 32.2 Å². The second-order valence-corrected chi connectivity index (χ2v) is 5.94. The molecule has 2 aromatic carbocycles. The second kappa shape index (κ2) is 7.75. The fourth-order valence-corrected chi connectivity index (χ4v) is 2.63. The van der Waals surface area contributed by atoms with Gasteiger partial charge in [-0.25, -0.2) is 0 Å². The van der Waals surface area contributed by atoms with E-state index in [1.54, 1.807) is 36.2 Å². The van der Waals surface area contributed by atoms with E-state index in [1.807, 2.05) is 0 Å². The fourth-order valence-electron chi connectivity index (χ4n) is 2.63. The Morgan fingerprint density at radius 1 is 1.19 bits per heavy atom. The van der Waals surface area contributed by atoms with Gasteiger partial charge in [0.1, 0.15) is 5.75 Å². The molecule has 0 aromatic heterocycles. The lowest BCUT2D eigenvalue weighted by Gasteiger charge is -2.19. The predicted octanol–water partition coefficient (Wildman–Crippen LogP) is 3.38. The molecule has 0 saturated carbocycles. The van der Waals surface area contributed by atoms with Crippen LogP contribution in [0.3, 0.4) is 0 Å².